The molecule has 0 saturated heterocycles. The quantitative estimate of drug-likeness (QED) is 0.561. The van der Waals surface area contributed by atoms with Gasteiger partial charge in [0.05, 0.1) is 10.0 Å². The van der Waals surface area contributed by atoms with Crippen LogP contribution >= 0.6 is 43.5 Å². The lowest BCUT2D eigenvalue weighted by Crippen LogP contribution is -1.95. The molecule has 0 bridgehead atoms. The van der Waals surface area contributed by atoms with Crippen molar-refractivity contribution in [1.29, 1.82) is 0 Å². The molecule has 0 radical (unpaired) electrons. The number of hydrogen-bond donors (Lipinski definition) is 0. The Hall–Kier alpha value is -0.710. The molecule has 0 atom stereocenters. The van der Waals surface area contributed by atoms with Crippen LogP contribution in [0.2, 0.25) is 5.15 Å². The number of aromatic nitrogens is 1. The van der Waals surface area contributed by atoms with Crippen molar-refractivity contribution in [2.75, 3.05) is 0 Å². The van der Waals surface area contributed by atoms with Gasteiger partial charge in [-0.15, -0.1) is 0 Å². The highest BCUT2D eigenvalue weighted by molar-refractivity contribution is 9.13. The van der Waals surface area contributed by atoms with Crippen molar-refractivity contribution < 1.29 is 4.79 Å². The summed E-state index contributed by atoms with van der Waals surface area (Å²) in [6.07, 6.45) is 0.717. The van der Waals surface area contributed by atoms with Gasteiger partial charge in [0.2, 0.25) is 0 Å². The number of halogens is 3. The van der Waals surface area contributed by atoms with E-state index in [0.717, 1.165) is 21.9 Å². The Morgan fingerprint density at radius 2 is 1.82 bits per heavy atom. The third kappa shape index (κ3) is 2.44. The maximum atomic E-state index is 11.1. The molecule has 2 aromatic rings. The highest BCUT2D eigenvalue weighted by Gasteiger charge is 2.16. The maximum absolute atomic E-state index is 11.1. The third-order valence-electron chi connectivity index (χ3n) is 2.27. The number of aldehydes is 1. The molecular weight excluding hydrogens is 369 g/mol. The van der Waals surface area contributed by atoms with E-state index in [0.29, 0.717) is 10.2 Å². The van der Waals surface area contributed by atoms with E-state index in [-0.39, 0.29) is 5.15 Å². The Morgan fingerprint density at radius 3 is 2.41 bits per heavy atom. The van der Waals surface area contributed by atoms with Gasteiger partial charge in [0.15, 0.2) is 6.29 Å². The zero-order chi connectivity index (χ0) is 12.4. The smallest absolute Gasteiger partial charge is 0.153 e. The van der Waals surface area contributed by atoms with Crippen LogP contribution in [0.25, 0.3) is 11.1 Å². The molecule has 2 rings (SSSR count). The summed E-state index contributed by atoms with van der Waals surface area (Å²) < 4.78 is 1.29. The molecule has 1 heterocycles. The van der Waals surface area contributed by atoms with Crippen LogP contribution in [0, 0.1) is 0 Å². The highest BCUT2D eigenvalue weighted by Crippen LogP contribution is 2.37. The summed E-state index contributed by atoms with van der Waals surface area (Å²) in [7, 11) is 0. The second-order valence-corrected chi connectivity index (χ2v) is 5.18. The topological polar surface area (TPSA) is 30.0 Å². The van der Waals surface area contributed by atoms with Gasteiger partial charge in [-0.2, -0.15) is 0 Å². The summed E-state index contributed by atoms with van der Waals surface area (Å²) in [5.41, 5.74) is 2.03. The average Bonchev–Trinajstić information content (AvgIpc) is 2.34. The van der Waals surface area contributed by atoms with Crippen LogP contribution in [0.1, 0.15) is 10.4 Å². The Morgan fingerprint density at radius 1 is 1.18 bits per heavy atom. The Labute approximate surface area is 120 Å². The molecule has 0 unspecified atom stereocenters. The second-order valence-electron chi connectivity index (χ2n) is 3.28. The van der Waals surface area contributed by atoms with Crippen LogP contribution < -0.4 is 0 Å². The van der Waals surface area contributed by atoms with E-state index in [1.165, 1.54) is 0 Å². The summed E-state index contributed by atoms with van der Waals surface area (Å²) >= 11 is 12.7. The molecule has 17 heavy (non-hydrogen) atoms. The molecule has 1 aromatic carbocycles. The van der Waals surface area contributed by atoms with E-state index in [1.54, 1.807) is 0 Å². The Balaban J connectivity index is 2.80. The van der Waals surface area contributed by atoms with E-state index in [2.05, 4.69) is 36.8 Å². The largest absolute Gasteiger partial charge is 0.298 e. The zero-order valence-electron chi connectivity index (χ0n) is 8.45. The normalized spacial score (nSPS) is 10.3. The van der Waals surface area contributed by atoms with Crippen LogP contribution in [-0.2, 0) is 0 Å². The number of hydrogen-bond acceptors (Lipinski definition) is 2. The second kappa shape index (κ2) is 5.29. The SMILES string of the molecule is O=Cc1c(Cl)nc(Br)c(Br)c1-c1ccccc1. The minimum Gasteiger partial charge on any atom is -0.298 e. The van der Waals surface area contributed by atoms with E-state index in [1.807, 2.05) is 30.3 Å². The molecule has 0 N–H and O–H groups in total. The van der Waals surface area contributed by atoms with E-state index in [4.69, 9.17) is 11.6 Å². The number of carbonyl (C=O) groups is 1. The molecule has 0 amide bonds. The van der Waals surface area contributed by atoms with Crippen LogP contribution in [0.5, 0.6) is 0 Å². The van der Waals surface area contributed by atoms with Crippen LogP contribution in [0.4, 0.5) is 0 Å². The fraction of sp³-hybridized carbons (Fsp3) is 0. The summed E-state index contributed by atoms with van der Waals surface area (Å²) in [5, 5.41) is 0.189. The van der Waals surface area contributed by atoms with Gasteiger partial charge in [0, 0.05) is 5.56 Å². The summed E-state index contributed by atoms with van der Waals surface area (Å²) in [4.78, 5) is 15.2. The van der Waals surface area contributed by atoms with E-state index < -0.39 is 0 Å². The van der Waals surface area contributed by atoms with Crippen LogP contribution in [0.15, 0.2) is 39.4 Å². The van der Waals surface area contributed by atoms with Crippen molar-refractivity contribution >= 4 is 49.7 Å². The first-order valence-electron chi connectivity index (χ1n) is 4.70. The van der Waals surface area contributed by atoms with Gasteiger partial charge < -0.3 is 0 Å². The monoisotopic (exact) mass is 373 g/mol. The van der Waals surface area contributed by atoms with Crippen molar-refractivity contribution in [2.45, 2.75) is 0 Å². The van der Waals surface area contributed by atoms with Crippen molar-refractivity contribution in [3.8, 4) is 11.1 Å². The molecule has 0 saturated carbocycles. The molecular formula is C12H6Br2ClNO. The van der Waals surface area contributed by atoms with Gasteiger partial charge in [-0.3, -0.25) is 4.79 Å². The maximum Gasteiger partial charge on any atom is 0.153 e. The van der Waals surface area contributed by atoms with Gasteiger partial charge in [0.1, 0.15) is 9.76 Å². The van der Waals surface area contributed by atoms with Crippen LogP contribution in [0.3, 0.4) is 0 Å². The molecule has 0 aliphatic heterocycles. The molecule has 86 valence electrons. The van der Waals surface area contributed by atoms with Crippen molar-refractivity contribution in [3.63, 3.8) is 0 Å². The summed E-state index contributed by atoms with van der Waals surface area (Å²) in [5.74, 6) is 0. The molecule has 0 fully saturated rings. The summed E-state index contributed by atoms with van der Waals surface area (Å²) in [6, 6.07) is 9.54. The molecule has 1 aromatic heterocycles. The van der Waals surface area contributed by atoms with Crippen molar-refractivity contribution in [3.05, 3.63) is 50.1 Å². The lowest BCUT2D eigenvalue weighted by atomic mass is 10.0. The number of nitrogens with zero attached hydrogens (tertiary/aromatic N) is 1. The van der Waals surface area contributed by atoms with Gasteiger partial charge >= 0.3 is 0 Å². The lowest BCUT2D eigenvalue weighted by molar-refractivity contribution is 0.112. The first kappa shape index (κ1) is 12.7. The minimum atomic E-state index is 0.189. The number of benzene rings is 1. The number of carbonyl (C=O) groups excluding carboxylic acids is 1. The number of pyridine rings is 1. The van der Waals surface area contributed by atoms with Crippen molar-refractivity contribution in [1.82, 2.24) is 4.98 Å². The van der Waals surface area contributed by atoms with Crippen LogP contribution in [-0.4, -0.2) is 11.3 Å². The van der Waals surface area contributed by atoms with Crippen molar-refractivity contribution in [2.24, 2.45) is 0 Å². The fourth-order valence-corrected chi connectivity index (χ4v) is 2.75. The molecule has 0 aliphatic carbocycles. The molecule has 5 heteroatoms. The highest BCUT2D eigenvalue weighted by atomic mass is 79.9. The third-order valence-corrected chi connectivity index (χ3v) is 4.43. The lowest BCUT2D eigenvalue weighted by Gasteiger charge is -2.10. The van der Waals surface area contributed by atoms with Gasteiger partial charge in [0.25, 0.3) is 0 Å². The fourth-order valence-electron chi connectivity index (χ4n) is 1.51. The molecule has 2 nitrogen and oxygen atoms in total. The standard InChI is InChI=1S/C12H6Br2ClNO/c13-10-9(7-4-2-1-3-5-7)8(6-17)12(15)16-11(10)14/h1-6H. The van der Waals surface area contributed by atoms with Gasteiger partial charge in [-0.05, 0) is 37.4 Å². The summed E-state index contributed by atoms with van der Waals surface area (Å²) in [6.45, 7) is 0. The average molecular weight is 375 g/mol. The first-order chi connectivity index (χ1) is 8.15. The predicted molar refractivity (Wildman–Crippen MR) is 75.5 cm³/mol. The van der Waals surface area contributed by atoms with Gasteiger partial charge in [-0.1, -0.05) is 41.9 Å². The molecule has 0 spiro atoms. The minimum absolute atomic E-state index is 0.189. The van der Waals surface area contributed by atoms with E-state index >= 15 is 0 Å². The van der Waals surface area contributed by atoms with E-state index in [9.17, 15) is 4.79 Å². The number of rotatable bonds is 2. The zero-order valence-corrected chi connectivity index (χ0v) is 12.4. The Kier molecular flexibility index (Phi) is 3.97. The Bertz CT molecular complexity index is 572. The first-order valence-corrected chi connectivity index (χ1v) is 6.66. The predicted octanol–water partition coefficient (Wildman–Crippen LogP) is 4.74. The van der Waals surface area contributed by atoms with Gasteiger partial charge in [-0.25, -0.2) is 4.98 Å². The molecule has 0 aliphatic rings.